The molecule has 0 fully saturated rings. The van der Waals surface area contributed by atoms with Crippen molar-refractivity contribution < 1.29 is 18.9 Å². The van der Waals surface area contributed by atoms with Gasteiger partial charge in [-0.05, 0) is 13.0 Å². The zero-order chi connectivity index (χ0) is 21.0. The van der Waals surface area contributed by atoms with Crippen LogP contribution in [-0.2, 0) is 0 Å². The molecule has 0 atom stereocenters. The minimum atomic E-state index is -0.183. The molecule has 0 amide bonds. The molecule has 0 spiro atoms. The minimum Gasteiger partial charge on any atom is -0.497 e. The maximum Gasteiger partial charge on any atom is 0.257 e. The van der Waals surface area contributed by atoms with E-state index in [0.29, 0.717) is 34.4 Å². The second kappa shape index (κ2) is 8.60. The molecular weight excluding hydrogens is 372 g/mol. The fourth-order valence-corrected chi connectivity index (χ4v) is 3.07. The first-order chi connectivity index (χ1) is 14.0. The van der Waals surface area contributed by atoms with E-state index < -0.39 is 0 Å². The van der Waals surface area contributed by atoms with Crippen LogP contribution in [0, 0.1) is 6.92 Å². The summed E-state index contributed by atoms with van der Waals surface area (Å²) in [6.45, 7) is 1.87. The number of aryl methyl sites for hydroxylation is 1. The minimum absolute atomic E-state index is 0.183. The standard InChI is InChI=1S/C22H24N2O5/c1-14-6-15(23-16-7-18(26-2)12-19(8-16)27-3)9-22(25)24(14)17-10-20(28-4)13-21(11-17)29-5/h6-13,23H,1-5H3. The molecule has 7 heteroatoms. The topological polar surface area (TPSA) is 71.0 Å². The Hall–Kier alpha value is -3.61. The van der Waals surface area contributed by atoms with Gasteiger partial charge in [0.2, 0.25) is 0 Å². The molecule has 0 aliphatic rings. The van der Waals surface area contributed by atoms with E-state index in [1.165, 1.54) is 6.07 Å². The summed E-state index contributed by atoms with van der Waals surface area (Å²) in [4.78, 5) is 12.9. The van der Waals surface area contributed by atoms with Gasteiger partial charge >= 0.3 is 0 Å². The lowest BCUT2D eigenvalue weighted by Gasteiger charge is -2.15. The first-order valence-corrected chi connectivity index (χ1v) is 8.94. The van der Waals surface area contributed by atoms with Crippen molar-refractivity contribution in [3.05, 3.63) is 64.6 Å². The predicted molar refractivity (Wildman–Crippen MR) is 113 cm³/mol. The maximum atomic E-state index is 12.9. The molecular formula is C22H24N2O5. The number of ether oxygens (including phenoxy) is 4. The Morgan fingerprint density at radius 2 is 1.10 bits per heavy atom. The van der Waals surface area contributed by atoms with Crippen molar-refractivity contribution in [3.63, 3.8) is 0 Å². The molecule has 152 valence electrons. The van der Waals surface area contributed by atoms with Crippen LogP contribution in [0.25, 0.3) is 5.69 Å². The van der Waals surface area contributed by atoms with E-state index in [1.807, 2.05) is 25.1 Å². The van der Waals surface area contributed by atoms with Crippen LogP contribution in [0.4, 0.5) is 11.4 Å². The van der Waals surface area contributed by atoms with Crippen molar-refractivity contribution in [2.45, 2.75) is 6.92 Å². The quantitative estimate of drug-likeness (QED) is 0.653. The van der Waals surface area contributed by atoms with Crippen LogP contribution in [0.5, 0.6) is 23.0 Å². The molecule has 0 saturated carbocycles. The van der Waals surface area contributed by atoms with Gasteiger partial charge in [0.25, 0.3) is 5.56 Å². The Bertz CT molecular complexity index is 1030. The summed E-state index contributed by atoms with van der Waals surface area (Å²) >= 11 is 0. The summed E-state index contributed by atoms with van der Waals surface area (Å²) in [5.41, 5.74) is 2.65. The third-order valence-corrected chi connectivity index (χ3v) is 4.45. The number of aromatic nitrogens is 1. The molecule has 0 aliphatic carbocycles. The smallest absolute Gasteiger partial charge is 0.257 e. The zero-order valence-corrected chi connectivity index (χ0v) is 17.1. The Balaban J connectivity index is 2.00. The van der Waals surface area contributed by atoms with E-state index in [4.69, 9.17) is 18.9 Å². The van der Waals surface area contributed by atoms with Crippen molar-refractivity contribution in [2.24, 2.45) is 0 Å². The molecule has 1 heterocycles. The highest BCUT2D eigenvalue weighted by molar-refractivity contribution is 5.64. The Kier molecular flexibility index (Phi) is 5.97. The fraction of sp³-hybridized carbons (Fsp3) is 0.227. The number of pyridine rings is 1. The average molecular weight is 396 g/mol. The molecule has 3 aromatic rings. The Labute approximate surface area is 169 Å². The van der Waals surface area contributed by atoms with Crippen LogP contribution in [0.15, 0.2) is 53.3 Å². The first-order valence-electron chi connectivity index (χ1n) is 8.94. The van der Waals surface area contributed by atoms with Gasteiger partial charge in [-0.15, -0.1) is 0 Å². The van der Waals surface area contributed by atoms with Crippen LogP contribution >= 0.6 is 0 Å². The molecule has 0 saturated heterocycles. The van der Waals surface area contributed by atoms with Gasteiger partial charge in [0.15, 0.2) is 0 Å². The van der Waals surface area contributed by atoms with Gasteiger partial charge in [-0.25, -0.2) is 0 Å². The van der Waals surface area contributed by atoms with Gasteiger partial charge in [-0.1, -0.05) is 0 Å². The number of hydrogen-bond acceptors (Lipinski definition) is 6. The number of rotatable bonds is 7. The molecule has 1 N–H and O–H groups in total. The Morgan fingerprint density at radius 1 is 0.655 bits per heavy atom. The van der Waals surface area contributed by atoms with Crippen LogP contribution in [0.2, 0.25) is 0 Å². The van der Waals surface area contributed by atoms with Crippen LogP contribution in [0.1, 0.15) is 5.69 Å². The number of benzene rings is 2. The Morgan fingerprint density at radius 3 is 1.55 bits per heavy atom. The van der Waals surface area contributed by atoms with Crippen LogP contribution < -0.4 is 29.8 Å². The predicted octanol–water partition coefficient (Wildman–Crippen LogP) is 3.92. The van der Waals surface area contributed by atoms with E-state index in [2.05, 4.69) is 5.32 Å². The number of nitrogens with zero attached hydrogens (tertiary/aromatic N) is 1. The second-order valence-corrected chi connectivity index (χ2v) is 6.36. The molecule has 0 aliphatic heterocycles. The van der Waals surface area contributed by atoms with Crippen LogP contribution in [0.3, 0.4) is 0 Å². The monoisotopic (exact) mass is 396 g/mol. The van der Waals surface area contributed by atoms with Crippen molar-refractivity contribution in [3.8, 4) is 28.7 Å². The summed E-state index contributed by atoms with van der Waals surface area (Å²) in [5, 5.41) is 3.24. The van der Waals surface area contributed by atoms with Gasteiger partial charge in [-0.3, -0.25) is 9.36 Å². The van der Waals surface area contributed by atoms with E-state index in [-0.39, 0.29) is 5.56 Å². The number of hydrogen-bond donors (Lipinski definition) is 1. The fourth-order valence-electron chi connectivity index (χ4n) is 3.07. The third kappa shape index (κ3) is 4.45. The van der Waals surface area contributed by atoms with E-state index in [9.17, 15) is 4.79 Å². The van der Waals surface area contributed by atoms with Gasteiger partial charge in [0, 0.05) is 59.5 Å². The van der Waals surface area contributed by atoms with E-state index in [0.717, 1.165) is 11.4 Å². The number of nitrogens with one attached hydrogen (secondary N) is 1. The average Bonchev–Trinajstić information content (AvgIpc) is 2.72. The van der Waals surface area contributed by atoms with Crippen molar-refractivity contribution in [1.82, 2.24) is 4.57 Å². The normalized spacial score (nSPS) is 10.4. The molecule has 7 nitrogen and oxygen atoms in total. The highest BCUT2D eigenvalue weighted by Crippen LogP contribution is 2.29. The summed E-state index contributed by atoms with van der Waals surface area (Å²) in [6, 6.07) is 14.2. The zero-order valence-electron chi connectivity index (χ0n) is 17.1. The molecule has 0 unspecified atom stereocenters. The summed E-state index contributed by atoms with van der Waals surface area (Å²) in [7, 11) is 6.33. The molecule has 3 rings (SSSR count). The van der Waals surface area contributed by atoms with E-state index >= 15 is 0 Å². The molecule has 1 aromatic heterocycles. The van der Waals surface area contributed by atoms with Crippen LogP contribution in [-0.4, -0.2) is 33.0 Å². The first kappa shape index (κ1) is 20.1. The van der Waals surface area contributed by atoms with Crippen molar-refractivity contribution in [2.75, 3.05) is 33.8 Å². The number of methoxy groups -OCH3 is 4. The van der Waals surface area contributed by atoms with Gasteiger partial charge in [-0.2, -0.15) is 0 Å². The largest absolute Gasteiger partial charge is 0.497 e. The van der Waals surface area contributed by atoms with Gasteiger partial charge in [0.05, 0.1) is 34.1 Å². The summed E-state index contributed by atoms with van der Waals surface area (Å²) in [6.07, 6.45) is 0. The number of anilines is 2. The SMILES string of the molecule is COc1cc(Nc2cc(C)n(-c3cc(OC)cc(OC)c3)c(=O)c2)cc(OC)c1. The molecule has 0 radical (unpaired) electrons. The molecule has 29 heavy (non-hydrogen) atoms. The maximum absolute atomic E-state index is 12.9. The third-order valence-electron chi connectivity index (χ3n) is 4.45. The lowest BCUT2D eigenvalue weighted by molar-refractivity contribution is 0.394. The lowest BCUT2D eigenvalue weighted by Crippen LogP contribution is -2.20. The van der Waals surface area contributed by atoms with Crippen molar-refractivity contribution >= 4 is 11.4 Å². The molecule has 0 bridgehead atoms. The molecule has 2 aromatic carbocycles. The van der Waals surface area contributed by atoms with Gasteiger partial charge in [0.1, 0.15) is 23.0 Å². The van der Waals surface area contributed by atoms with Gasteiger partial charge < -0.3 is 24.3 Å². The highest BCUT2D eigenvalue weighted by atomic mass is 16.5. The second-order valence-electron chi connectivity index (χ2n) is 6.36. The lowest BCUT2D eigenvalue weighted by atomic mass is 10.2. The summed E-state index contributed by atoms with van der Waals surface area (Å²) < 4.78 is 22.8. The highest BCUT2D eigenvalue weighted by Gasteiger charge is 2.10. The van der Waals surface area contributed by atoms with Crippen molar-refractivity contribution in [1.29, 1.82) is 0 Å². The summed E-state index contributed by atoms with van der Waals surface area (Å²) in [5.74, 6) is 2.52. The van der Waals surface area contributed by atoms with E-state index in [1.54, 1.807) is 57.3 Å².